The number of benzene rings is 1. The average molecular weight is 427 g/mol. The number of likely N-dealkylation sites (tertiary alicyclic amines) is 1. The molecule has 2 aromatic heterocycles. The Balaban J connectivity index is 1.49. The van der Waals surface area contributed by atoms with E-state index in [1.165, 1.54) is 12.8 Å². The van der Waals surface area contributed by atoms with E-state index >= 15 is 0 Å². The van der Waals surface area contributed by atoms with E-state index in [9.17, 15) is 4.79 Å². The maximum Gasteiger partial charge on any atom is 0.255 e. The van der Waals surface area contributed by atoms with E-state index in [-0.39, 0.29) is 11.9 Å². The Morgan fingerprint density at radius 2 is 1.97 bits per heavy atom. The third kappa shape index (κ3) is 4.30. The molecule has 0 unspecified atom stereocenters. The molecule has 1 aromatic carbocycles. The molecular formula is C23H27ClN4O2. The number of hydrogen-bond donors (Lipinski definition) is 1. The molecule has 1 aliphatic heterocycles. The zero-order chi connectivity index (χ0) is 21.1. The monoisotopic (exact) mass is 426 g/mol. The van der Waals surface area contributed by atoms with Crippen molar-refractivity contribution >= 4 is 17.5 Å². The van der Waals surface area contributed by atoms with Crippen molar-refractivity contribution in [3.05, 3.63) is 76.0 Å². The lowest BCUT2D eigenvalue weighted by Crippen LogP contribution is -2.37. The van der Waals surface area contributed by atoms with Gasteiger partial charge in [-0.15, -0.1) is 0 Å². The molecule has 1 amide bonds. The molecule has 1 aliphatic rings. The summed E-state index contributed by atoms with van der Waals surface area (Å²) in [4.78, 5) is 15.4. The van der Waals surface area contributed by atoms with Crippen LogP contribution in [-0.4, -0.2) is 40.2 Å². The molecule has 4 rings (SSSR count). The molecule has 158 valence electrons. The largest absolute Gasteiger partial charge is 0.468 e. The van der Waals surface area contributed by atoms with E-state index in [1.807, 2.05) is 54.9 Å². The van der Waals surface area contributed by atoms with Gasteiger partial charge < -0.3 is 9.73 Å². The molecule has 0 spiro atoms. The number of furan rings is 1. The van der Waals surface area contributed by atoms with E-state index in [1.54, 1.807) is 6.26 Å². The van der Waals surface area contributed by atoms with E-state index in [0.29, 0.717) is 29.4 Å². The van der Waals surface area contributed by atoms with Gasteiger partial charge in [0.1, 0.15) is 5.76 Å². The maximum atomic E-state index is 13.1. The molecular weight excluding hydrogens is 400 g/mol. The zero-order valence-corrected chi connectivity index (χ0v) is 18.2. The quantitative estimate of drug-likeness (QED) is 0.609. The average Bonchev–Trinajstić information content (AvgIpc) is 3.48. The highest BCUT2D eigenvalue weighted by molar-refractivity contribution is 6.31. The third-order valence-corrected chi connectivity index (χ3v) is 6.16. The number of aromatic nitrogens is 2. The molecule has 3 heterocycles. The predicted molar refractivity (Wildman–Crippen MR) is 117 cm³/mol. The molecule has 6 nitrogen and oxygen atoms in total. The van der Waals surface area contributed by atoms with Crippen LogP contribution in [0.15, 0.2) is 47.1 Å². The van der Waals surface area contributed by atoms with Gasteiger partial charge in [0.2, 0.25) is 0 Å². The zero-order valence-electron chi connectivity index (χ0n) is 17.4. The lowest BCUT2D eigenvalue weighted by molar-refractivity contribution is 0.0932. The van der Waals surface area contributed by atoms with Crippen LogP contribution >= 0.6 is 11.6 Å². The number of nitrogens with one attached hydrogen (secondary N) is 1. The van der Waals surface area contributed by atoms with Crippen molar-refractivity contribution in [1.82, 2.24) is 20.0 Å². The smallest absolute Gasteiger partial charge is 0.255 e. The van der Waals surface area contributed by atoms with Crippen LogP contribution < -0.4 is 5.32 Å². The van der Waals surface area contributed by atoms with Gasteiger partial charge >= 0.3 is 0 Å². The second-order valence-electron chi connectivity index (χ2n) is 7.78. The highest BCUT2D eigenvalue weighted by Gasteiger charge is 2.27. The highest BCUT2D eigenvalue weighted by Crippen LogP contribution is 2.25. The van der Waals surface area contributed by atoms with Gasteiger partial charge in [0.05, 0.1) is 30.1 Å². The Bertz CT molecular complexity index is 1010. The van der Waals surface area contributed by atoms with Gasteiger partial charge in [-0.3, -0.25) is 14.4 Å². The fourth-order valence-corrected chi connectivity index (χ4v) is 4.38. The van der Waals surface area contributed by atoms with Gasteiger partial charge in [-0.1, -0.05) is 29.8 Å². The molecule has 0 saturated carbocycles. The normalized spacial score (nSPS) is 15.4. The SMILES string of the molecule is Cc1nn(Cc2ccccc2Cl)c(C)c1C(=O)NC[C@H](c1ccco1)N1CCCC1. The van der Waals surface area contributed by atoms with E-state index < -0.39 is 0 Å². The molecule has 3 aromatic rings. The van der Waals surface area contributed by atoms with Crippen LogP contribution in [0, 0.1) is 13.8 Å². The Hall–Kier alpha value is -2.57. The van der Waals surface area contributed by atoms with E-state index in [2.05, 4.69) is 15.3 Å². The standard InChI is InChI=1S/C23H27ClN4O2/c1-16-22(17(2)28(26-16)15-18-8-3-4-9-19(18)24)23(29)25-14-20(21-10-7-13-30-21)27-11-5-6-12-27/h3-4,7-10,13,20H,5-6,11-12,14-15H2,1-2H3,(H,25,29)/t20-/m1/s1. The Labute approximate surface area is 181 Å². The van der Waals surface area contributed by atoms with Crippen LogP contribution in [-0.2, 0) is 6.54 Å². The number of rotatable bonds is 7. The van der Waals surface area contributed by atoms with Crippen molar-refractivity contribution in [3.63, 3.8) is 0 Å². The van der Waals surface area contributed by atoms with E-state index in [0.717, 1.165) is 30.1 Å². The second kappa shape index (κ2) is 9.06. The third-order valence-electron chi connectivity index (χ3n) is 5.80. The van der Waals surface area contributed by atoms with Gasteiger partial charge in [0.15, 0.2) is 0 Å². The number of nitrogens with zero attached hydrogens (tertiary/aromatic N) is 3. The summed E-state index contributed by atoms with van der Waals surface area (Å²) in [5.41, 5.74) is 3.15. The summed E-state index contributed by atoms with van der Waals surface area (Å²) in [7, 11) is 0. The molecule has 0 bridgehead atoms. The van der Waals surface area contributed by atoms with Crippen molar-refractivity contribution in [2.24, 2.45) is 0 Å². The van der Waals surface area contributed by atoms with Crippen molar-refractivity contribution < 1.29 is 9.21 Å². The van der Waals surface area contributed by atoms with Gasteiger partial charge in [-0.2, -0.15) is 5.10 Å². The summed E-state index contributed by atoms with van der Waals surface area (Å²) in [5, 5.41) is 8.40. The van der Waals surface area contributed by atoms with Crippen molar-refractivity contribution in [2.45, 2.75) is 39.3 Å². The Morgan fingerprint density at radius 3 is 2.67 bits per heavy atom. The van der Waals surface area contributed by atoms with Gasteiger partial charge in [-0.25, -0.2) is 0 Å². The fraction of sp³-hybridized carbons (Fsp3) is 0.391. The van der Waals surface area contributed by atoms with Crippen LogP contribution in [0.2, 0.25) is 5.02 Å². The molecule has 30 heavy (non-hydrogen) atoms. The van der Waals surface area contributed by atoms with E-state index in [4.69, 9.17) is 16.0 Å². The lowest BCUT2D eigenvalue weighted by atomic mass is 10.1. The number of carbonyl (C=O) groups is 1. The van der Waals surface area contributed by atoms with Gasteiger partial charge in [0.25, 0.3) is 5.91 Å². The topological polar surface area (TPSA) is 63.3 Å². The second-order valence-corrected chi connectivity index (χ2v) is 8.19. The predicted octanol–water partition coefficient (Wildman–Crippen LogP) is 4.36. The summed E-state index contributed by atoms with van der Waals surface area (Å²) in [5.74, 6) is 0.784. The highest BCUT2D eigenvalue weighted by atomic mass is 35.5. The Morgan fingerprint density at radius 1 is 1.20 bits per heavy atom. The summed E-state index contributed by atoms with van der Waals surface area (Å²) in [6.45, 7) is 6.87. The molecule has 7 heteroatoms. The van der Waals surface area contributed by atoms with Gasteiger partial charge in [0, 0.05) is 17.3 Å². The summed E-state index contributed by atoms with van der Waals surface area (Å²) in [6.07, 6.45) is 4.05. The first kappa shape index (κ1) is 20.7. The number of aryl methyl sites for hydroxylation is 1. The molecule has 1 atom stereocenters. The van der Waals surface area contributed by atoms with Crippen LogP contribution in [0.4, 0.5) is 0 Å². The van der Waals surface area contributed by atoms with Crippen molar-refractivity contribution in [2.75, 3.05) is 19.6 Å². The minimum Gasteiger partial charge on any atom is -0.468 e. The summed E-state index contributed by atoms with van der Waals surface area (Å²) < 4.78 is 7.50. The number of hydrogen-bond acceptors (Lipinski definition) is 4. The number of halogens is 1. The first-order chi connectivity index (χ1) is 14.5. The van der Waals surface area contributed by atoms with Crippen LogP contribution in [0.25, 0.3) is 0 Å². The first-order valence-corrected chi connectivity index (χ1v) is 10.8. The van der Waals surface area contributed by atoms with Crippen LogP contribution in [0.5, 0.6) is 0 Å². The number of carbonyl (C=O) groups excluding carboxylic acids is 1. The molecule has 1 saturated heterocycles. The first-order valence-electron chi connectivity index (χ1n) is 10.4. The minimum absolute atomic E-state index is 0.0465. The van der Waals surface area contributed by atoms with Gasteiger partial charge in [-0.05, 0) is 63.5 Å². The lowest BCUT2D eigenvalue weighted by Gasteiger charge is -2.26. The maximum absolute atomic E-state index is 13.1. The van der Waals surface area contributed by atoms with Crippen LogP contribution in [0.3, 0.4) is 0 Å². The fourth-order valence-electron chi connectivity index (χ4n) is 4.19. The molecule has 0 radical (unpaired) electrons. The minimum atomic E-state index is -0.105. The Kier molecular flexibility index (Phi) is 6.25. The molecule has 1 fully saturated rings. The number of amides is 1. The van der Waals surface area contributed by atoms with Crippen molar-refractivity contribution in [3.8, 4) is 0 Å². The molecule has 0 aliphatic carbocycles. The summed E-state index contributed by atoms with van der Waals surface area (Å²) in [6, 6.07) is 11.6. The summed E-state index contributed by atoms with van der Waals surface area (Å²) >= 11 is 6.30. The molecule has 1 N–H and O–H groups in total. The van der Waals surface area contributed by atoms with Crippen LogP contribution in [0.1, 0.15) is 52.0 Å². The van der Waals surface area contributed by atoms with Crippen molar-refractivity contribution in [1.29, 1.82) is 0 Å².